The smallest absolute Gasteiger partial charge is 0.274 e. The number of aromatic nitrogens is 3. The molecule has 0 fully saturated rings. The van der Waals surface area contributed by atoms with Crippen LogP contribution < -0.4 is 0 Å². The number of nitrogens with zero attached hydrogens (tertiary/aromatic N) is 4. The highest BCUT2D eigenvalue weighted by Gasteiger charge is 2.27. The Balaban J connectivity index is 1.58. The lowest BCUT2D eigenvalue weighted by Gasteiger charge is -2.32. The molecule has 0 spiro atoms. The Morgan fingerprint density at radius 2 is 2.19 bits per heavy atom. The lowest BCUT2D eigenvalue weighted by Crippen LogP contribution is -2.41. The van der Waals surface area contributed by atoms with Crippen molar-refractivity contribution in [1.82, 2.24) is 19.5 Å². The highest BCUT2D eigenvalue weighted by molar-refractivity contribution is 9.10. The maximum absolute atomic E-state index is 12.9. The van der Waals surface area contributed by atoms with Gasteiger partial charge in [0.25, 0.3) is 5.91 Å². The fourth-order valence-corrected chi connectivity index (χ4v) is 3.75. The van der Waals surface area contributed by atoms with Gasteiger partial charge in [-0.05, 0) is 36.6 Å². The summed E-state index contributed by atoms with van der Waals surface area (Å²) in [6, 6.07) is 10.0. The largest absolute Gasteiger partial charge is 0.330 e. The molecule has 0 radical (unpaired) electrons. The van der Waals surface area contributed by atoms with Crippen LogP contribution in [0.3, 0.4) is 0 Å². The Hall–Kier alpha value is -2.18. The third kappa shape index (κ3) is 3.27. The van der Waals surface area contributed by atoms with Crippen LogP contribution in [0.4, 0.5) is 0 Å². The number of benzene rings is 1. The lowest BCUT2D eigenvalue weighted by atomic mass is 9.95. The van der Waals surface area contributed by atoms with Crippen LogP contribution in [0.5, 0.6) is 0 Å². The van der Waals surface area contributed by atoms with Crippen molar-refractivity contribution in [2.75, 3.05) is 6.54 Å². The summed E-state index contributed by atoms with van der Waals surface area (Å²) in [6.07, 6.45) is 6.11. The van der Waals surface area contributed by atoms with Gasteiger partial charge in [0.2, 0.25) is 0 Å². The first-order valence-electron chi connectivity index (χ1n) is 8.28. The van der Waals surface area contributed by atoms with E-state index in [0.717, 1.165) is 10.9 Å². The average molecular weight is 432 g/mol. The summed E-state index contributed by atoms with van der Waals surface area (Å²) in [6.45, 7) is 2.62. The normalized spacial score (nSPS) is 17.4. The second-order valence-corrected chi connectivity index (χ2v) is 7.71. The Bertz CT molecular complexity index is 1030. The van der Waals surface area contributed by atoms with Gasteiger partial charge in [0.05, 0.1) is 11.2 Å². The molecule has 0 N–H and O–H groups in total. The maximum Gasteiger partial charge on any atom is 0.274 e. The van der Waals surface area contributed by atoms with Gasteiger partial charge < -0.3 is 4.90 Å². The second kappa shape index (κ2) is 6.85. The van der Waals surface area contributed by atoms with Crippen LogP contribution in [0.2, 0.25) is 5.02 Å². The maximum atomic E-state index is 12.9. The summed E-state index contributed by atoms with van der Waals surface area (Å²) in [5.74, 6) is -0.0938. The number of fused-ring (bicyclic) bond motifs is 1. The molecule has 2 aromatic heterocycles. The van der Waals surface area contributed by atoms with Crippen LogP contribution in [0, 0.1) is 0 Å². The SMILES string of the molecule is CC1CC(c2cccc(Br)c2)=CCN1C(=O)c1cc2ncc(Cl)cn2n1. The van der Waals surface area contributed by atoms with Crippen LogP contribution in [-0.4, -0.2) is 38.0 Å². The first-order chi connectivity index (χ1) is 12.5. The summed E-state index contributed by atoms with van der Waals surface area (Å²) in [7, 11) is 0. The topological polar surface area (TPSA) is 50.5 Å². The third-order valence-electron chi connectivity index (χ3n) is 4.54. The standard InChI is InChI=1S/C19H16BrClN4O/c1-12-7-14(13-3-2-4-15(20)8-13)5-6-24(12)19(26)17-9-18-22-10-16(21)11-25(18)23-17/h2-5,8-12H,6-7H2,1H3. The van der Waals surface area contributed by atoms with Crippen LogP contribution in [0.1, 0.15) is 29.4 Å². The van der Waals surface area contributed by atoms with Crippen LogP contribution in [0.25, 0.3) is 11.2 Å². The average Bonchev–Trinajstić information content (AvgIpc) is 3.04. The summed E-state index contributed by atoms with van der Waals surface area (Å²) in [5.41, 5.74) is 3.43. The monoisotopic (exact) mass is 430 g/mol. The van der Waals surface area contributed by atoms with Crippen LogP contribution in [-0.2, 0) is 0 Å². The van der Waals surface area contributed by atoms with Crippen molar-refractivity contribution in [3.8, 4) is 0 Å². The summed E-state index contributed by atoms with van der Waals surface area (Å²) in [5, 5.41) is 4.80. The second-order valence-electron chi connectivity index (χ2n) is 6.35. The number of amides is 1. The van der Waals surface area contributed by atoms with Gasteiger partial charge in [-0.3, -0.25) is 4.79 Å². The predicted octanol–water partition coefficient (Wildman–Crippen LogP) is 4.46. The molecule has 0 bridgehead atoms. The van der Waals surface area contributed by atoms with Gasteiger partial charge in [0, 0.05) is 29.3 Å². The minimum absolute atomic E-state index is 0.0860. The number of carbonyl (C=O) groups is 1. The van der Waals surface area contributed by atoms with E-state index in [1.165, 1.54) is 15.7 Å². The van der Waals surface area contributed by atoms with Crippen molar-refractivity contribution in [2.24, 2.45) is 0 Å². The summed E-state index contributed by atoms with van der Waals surface area (Å²) >= 11 is 9.45. The van der Waals surface area contributed by atoms with Gasteiger partial charge in [-0.25, -0.2) is 9.50 Å². The van der Waals surface area contributed by atoms with Crippen molar-refractivity contribution >= 4 is 44.7 Å². The Labute approximate surface area is 164 Å². The number of carbonyl (C=O) groups excluding carboxylic acids is 1. The molecule has 5 nitrogen and oxygen atoms in total. The number of rotatable bonds is 2. The van der Waals surface area contributed by atoms with E-state index in [4.69, 9.17) is 11.6 Å². The minimum atomic E-state index is -0.0938. The van der Waals surface area contributed by atoms with Gasteiger partial charge >= 0.3 is 0 Å². The number of hydrogen-bond donors (Lipinski definition) is 0. The molecular formula is C19H16BrClN4O. The van der Waals surface area contributed by atoms with Crippen molar-refractivity contribution in [3.63, 3.8) is 0 Å². The highest BCUT2D eigenvalue weighted by atomic mass is 79.9. The molecule has 7 heteroatoms. The molecular weight excluding hydrogens is 416 g/mol. The fraction of sp³-hybridized carbons (Fsp3) is 0.211. The highest BCUT2D eigenvalue weighted by Crippen LogP contribution is 2.28. The van der Waals surface area contributed by atoms with E-state index in [2.05, 4.69) is 51.1 Å². The molecule has 1 aliphatic heterocycles. The molecule has 0 saturated heterocycles. The van der Waals surface area contributed by atoms with Crippen molar-refractivity contribution < 1.29 is 4.79 Å². The Kier molecular flexibility index (Phi) is 4.54. The van der Waals surface area contributed by atoms with Gasteiger partial charge in [0.1, 0.15) is 0 Å². The van der Waals surface area contributed by atoms with Crippen molar-refractivity contribution in [3.05, 3.63) is 69.6 Å². The predicted molar refractivity (Wildman–Crippen MR) is 105 cm³/mol. The zero-order valence-corrected chi connectivity index (χ0v) is 16.4. The van der Waals surface area contributed by atoms with E-state index < -0.39 is 0 Å². The molecule has 1 unspecified atom stereocenters. The fourth-order valence-electron chi connectivity index (χ4n) is 3.21. The zero-order valence-electron chi connectivity index (χ0n) is 14.1. The zero-order chi connectivity index (χ0) is 18.3. The van der Waals surface area contributed by atoms with E-state index in [1.54, 1.807) is 18.5 Å². The van der Waals surface area contributed by atoms with Gasteiger partial charge in [-0.15, -0.1) is 0 Å². The lowest BCUT2D eigenvalue weighted by molar-refractivity contribution is 0.0705. The van der Waals surface area contributed by atoms with Gasteiger partial charge in [-0.2, -0.15) is 5.10 Å². The van der Waals surface area contributed by atoms with E-state index in [-0.39, 0.29) is 11.9 Å². The van der Waals surface area contributed by atoms with E-state index >= 15 is 0 Å². The molecule has 1 aromatic carbocycles. The number of halogens is 2. The molecule has 0 aliphatic carbocycles. The van der Waals surface area contributed by atoms with E-state index in [1.807, 2.05) is 17.0 Å². The molecule has 3 aromatic rings. The van der Waals surface area contributed by atoms with Crippen molar-refractivity contribution in [1.29, 1.82) is 0 Å². The first-order valence-corrected chi connectivity index (χ1v) is 9.45. The third-order valence-corrected chi connectivity index (χ3v) is 5.23. The van der Waals surface area contributed by atoms with Gasteiger partial charge in [0.15, 0.2) is 11.3 Å². The Morgan fingerprint density at radius 3 is 2.96 bits per heavy atom. The van der Waals surface area contributed by atoms with Crippen molar-refractivity contribution in [2.45, 2.75) is 19.4 Å². The summed E-state index contributed by atoms with van der Waals surface area (Å²) < 4.78 is 2.59. The summed E-state index contributed by atoms with van der Waals surface area (Å²) in [4.78, 5) is 18.9. The number of hydrogen-bond acceptors (Lipinski definition) is 3. The van der Waals surface area contributed by atoms with Gasteiger partial charge in [-0.1, -0.05) is 45.7 Å². The molecule has 4 rings (SSSR count). The quantitative estimate of drug-likeness (QED) is 0.602. The molecule has 1 atom stereocenters. The van der Waals surface area contributed by atoms with Crippen LogP contribution >= 0.6 is 27.5 Å². The van der Waals surface area contributed by atoms with E-state index in [9.17, 15) is 4.79 Å². The molecule has 1 aliphatic rings. The first kappa shape index (κ1) is 17.2. The molecule has 26 heavy (non-hydrogen) atoms. The molecule has 0 saturated carbocycles. The molecule has 132 valence electrons. The molecule has 3 heterocycles. The molecule has 1 amide bonds. The Morgan fingerprint density at radius 1 is 1.35 bits per heavy atom. The minimum Gasteiger partial charge on any atom is -0.330 e. The van der Waals surface area contributed by atoms with E-state index in [0.29, 0.717) is 22.9 Å². The van der Waals surface area contributed by atoms with Crippen LogP contribution in [0.15, 0.2) is 53.3 Å².